The van der Waals surface area contributed by atoms with Crippen LogP contribution in [-0.4, -0.2) is 30.2 Å². The third kappa shape index (κ3) is 2.96. The summed E-state index contributed by atoms with van der Waals surface area (Å²) in [6.07, 6.45) is 2.28. The van der Waals surface area contributed by atoms with E-state index in [2.05, 4.69) is 34.4 Å². The monoisotopic (exact) mass is 311 g/mol. The van der Waals surface area contributed by atoms with Gasteiger partial charge in [-0.3, -0.25) is 4.79 Å². The maximum atomic E-state index is 12.4. The number of anilines is 1. The Labute approximate surface area is 135 Å². The average Bonchev–Trinajstić information content (AvgIpc) is 3.18. The lowest BCUT2D eigenvalue weighted by Crippen LogP contribution is -2.40. The van der Waals surface area contributed by atoms with Crippen LogP contribution in [0.4, 0.5) is 5.69 Å². The van der Waals surface area contributed by atoms with Gasteiger partial charge in [0.1, 0.15) is 5.76 Å². The Bertz CT molecular complexity index is 693. The molecule has 5 heteroatoms. The molecule has 1 N–H and O–H groups in total. The van der Waals surface area contributed by atoms with Gasteiger partial charge >= 0.3 is 0 Å². The van der Waals surface area contributed by atoms with Crippen LogP contribution in [0.2, 0.25) is 0 Å². The third-order valence-corrected chi connectivity index (χ3v) is 4.79. The lowest BCUT2D eigenvalue weighted by Gasteiger charge is -2.18. The summed E-state index contributed by atoms with van der Waals surface area (Å²) in [5.41, 5.74) is 1.60. The van der Waals surface area contributed by atoms with Crippen molar-refractivity contribution in [3.63, 3.8) is 0 Å². The molecule has 2 heterocycles. The van der Waals surface area contributed by atoms with Crippen LogP contribution in [0.25, 0.3) is 0 Å². The van der Waals surface area contributed by atoms with Gasteiger partial charge in [-0.25, -0.2) is 0 Å². The predicted octanol–water partition coefficient (Wildman–Crippen LogP) is 2.81. The molecule has 2 aliphatic rings. The zero-order valence-electron chi connectivity index (χ0n) is 13.2. The number of rotatable bonds is 4. The highest BCUT2D eigenvalue weighted by Crippen LogP contribution is 2.40. The van der Waals surface area contributed by atoms with Crippen LogP contribution in [-0.2, 0) is 0 Å². The minimum absolute atomic E-state index is 0.129. The van der Waals surface area contributed by atoms with Gasteiger partial charge in [-0.15, -0.1) is 0 Å². The molecule has 120 valence electrons. The first-order valence-electron chi connectivity index (χ1n) is 8.28. The fourth-order valence-electron chi connectivity index (χ4n) is 3.20. The van der Waals surface area contributed by atoms with Crippen molar-refractivity contribution in [2.45, 2.75) is 31.7 Å². The van der Waals surface area contributed by atoms with Gasteiger partial charge in [-0.05, 0) is 30.9 Å². The Hall–Kier alpha value is -2.30. The second-order valence-electron chi connectivity index (χ2n) is 6.69. The van der Waals surface area contributed by atoms with Crippen molar-refractivity contribution >= 4 is 11.6 Å². The topological polar surface area (TPSA) is 58.4 Å². The maximum absolute atomic E-state index is 12.4. The van der Waals surface area contributed by atoms with Crippen molar-refractivity contribution in [3.8, 4) is 0 Å². The van der Waals surface area contributed by atoms with E-state index in [1.54, 1.807) is 6.07 Å². The van der Waals surface area contributed by atoms with Crippen LogP contribution in [0.5, 0.6) is 0 Å². The minimum atomic E-state index is -0.132. The summed E-state index contributed by atoms with van der Waals surface area (Å²) in [5.74, 6) is 1.59. The van der Waals surface area contributed by atoms with Gasteiger partial charge in [0.25, 0.3) is 5.91 Å². The first-order valence-corrected chi connectivity index (χ1v) is 8.28. The smallest absolute Gasteiger partial charge is 0.273 e. The maximum Gasteiger partial charge on any atom is 0.273 e. The van der Waals surface area contributed by atoms with Crippen molar-refractivity contribution in [3.05, 3.63) is 47.9 Å². The van der Waals surface area contributed by atoms with Gasteiger partial charge in [0.05, 0.1) is 6.04 Å². The summed E-state index contributed by atoms with van der Waals surface area (Å²) >= 11 is 0. The standard InChI is InChI=1S/C18H21N3O2/c1-12-10-21(14-5-3-2-4-6-14)11-16(12)19-18(22)15-9-17(23-20-15)13-7-8-13/h2-6,9,12-13,16H,7-8,10-11H2,1H3,(H,19,22)/t12-,16-/m1/s1. The molecule has 1 aromatic heterocycles. The van der Waals surface area contributed by atoms with Gasteiger partial charge in [0, 0.05) is 30.8 Å². The van der Waals surface area contributed by atoms with E-state index in [0.717, 1.165) is 31.7 Å². The van der Waals surface area contributed by atoms with Gasteiger partial charge in [0.2, 0.25) is 0 Å². The molecule has 0 bridgehead atoms. The molecule has 23 heavy (non-hydrogen) atoms. The van der Waals surface area contributed by atoms with E-state index in [1.807, 2.05) is 18.2 Å². The molecule has 2 fully saturated rings. The first kappa shape index (κ1) is 14.3. The number of carbonyl (C=O) groups is 1. The molecule has 2 atom stereocenters. The fraction of sp³-hybridized carbons (Fsp3) is 0.444. The van der Waals surface area contributed by atoms with Crippen LogP contribution < -0.4 is 10.2 Å². The van der Waals surface area contributed by atoms with E-state index in [1.165, 1.54) is 5.69 Å². The second-order valence-corrected chi connectivity index (χ2v) is 6.69. The van der Waals surface area contributed by atoms with E-state index in [4.69, 9.17) is 4.52 Å². The number of nitrogens with zero attached hydrogens (tertiary/aromatic N) is 2. The zero-order chi connectivity index (χ0) is 15.8. The molecule has 1 aromatic carbocycles. The SMILES string of the molecule is C[C@@H]1CN(c2ccccc2)C[C@H]1NC(=O)c1cc(C2CC2)on1. The second kappa shape index (κ2) is 5.72. The molecule has 1 saturated carbocycles. The normalized spacial score (nSPS) is 24.0. The highest BCUT2D eigenvalue weighted by Gasteiger charge is 2.33. The van der Waals surface area contributed by atoms with E-state index >= 15 is 0 Å². The molecule has 5 nitrogen and oxygen atoms in total. The summed E-state index contributed by atoms with van der Waals surface area (Å²) in [6.45, 7) is 3.94. The minimum Gasteiger partial charge on any atom is -0.369 e. The number of nitrogens with one attached hydrogen (secondary N) is 1. The number of amides is 1. The highest BCUT2D eigenvalue weighted by molar-refractivity contribution is 5.92. The Morgan fingerprint density at radius 2 is 2.04 bits per heavy atom. The van der Waals surface area contributed by atoms with Crippen molar-refractivity contribution in [2.24, 2.45) is 5.92 Å². The van der Waals surface area contributed by atoms with Gasteiger partial charge < -0.3 is 14.7 Å². The van der Waals surface area contributed by atoms with Crippen LogP contribution in [0.3, 0.4) is 0 Å². The lowest BCUT2D eigenvalue weighted by molar-refractivity contribution is 0.0924. The predicted molar refractivity (Wildman–Crippen MR) is 87.6 cm³/mol. The molecular formula is C18H21N3O2. The Morgan fingerprint density at radius 3 is 2.78 bits per heavy atom. The van der Waals surface area contributed by atoms with Gasteiger partial charge in [-0.2, -0.15) is 0 Å². The van der Waals surface area contributed by atoms with Crippen molar-refractivity contribution in [1.82, 2.24) is 10.5 Å². The number of hydrogen-bond acceptors (Lipinski definition) is 4. The van der Waals surface area contributed by atoms with Gasteiger partial charge in [-0.1, -0.05) is 30.3 Å². The molecule has 1 amide bonds. The van der Waals surface area contributed by atoms with Crippen molar-refractivity contribution in [2.75, 3.05) is 18.0 Å². The molecule has 4 rings (SSSR count). The number of benzene rings is 1. The van der Waals surface area contributed by atoms with E-state index in [0.29, 0.717) is 17.5 Å². The third-order valence-electron chi connectivity index (χ3n) is 4.79. The molecule has 0 unspecified atom stereocenters. The first-order chi connectivity index (χ1) is 11.2. The molecule has 0 radical (unpaired) electrons. The number of hydrogen-bond donors (Lipinski definition) is 1. The quantitative estimate of drug-likeness (QED) is 0.943. The summed E-state index contributed by atoms with van der Waals surface area (Å²) in [5, 5.41) is 7.04. The zero-order valence-corrected chi connectivity index (χ0v) is 13.2. The van der Waals surface area contributed by atoms with E-state index in [-0.39, 0.29) is 11.9 Å². The van der Waals surface area contributed by atoms with E-state index < -0.39 is 0 Å². The molecule has 1 saturated heterocycles. The average molecular weight is 311 g/mol. The number of para-hydroxylation sites is 1. The molecule has 0 spiro atoms. The summed E-state index contributed by atoms with van der Waals surface area (Å²) < 4.78 is 5.27. The number of aromatic nitrogens is 1. The van der Waals surface area contributed by atoms with E-state index in [9.17, 15) is 4.79 Å². The van der Waals surface area contributed by atoms with Crippen LogP contribution in [0.1, 0.15) is 41.9 Å². The number of carbonyl (C=O) groups excluding carboxylic acids is 1. The van der Waals surface area contributed by atoms with Crippen molar-refractivity contribution in [1.29, 1.82) is 0 Å². The van der Waals surface area contributed by atoms with Crippen molar-refractivity contribution < 1.29 is 9.32 Å². The highest BCUT2D eigenvalue weighted by atomic mass is 16.5. The van der Waals surface area contributed by atoms with Gasteiger partial charge in [0.15, 0.2) is 5.69 Å². The van der Waals surface area contributed by atoms with Crippen LogP contribution in [0, 0.1) is 5.92 Å². The Morgan fingerprint density at radius 1 is 1.26 bits per heavy atom. The Kier molecular flexibility index (Phi) is 3.56. The lowest BCUT2D eigenvalue weighted by atomic mass is 10.1. The van der Waals surface area contributed by atoms with Crippen LogP contribution in [0.15, 0.2) is 40.9 Å². The van der Waals surface area contributed by atoms with Crippen LogP contribution >= 0.6 is 0 Å². The molecule has 2 aromatic rings. The summed E-state index contributed by atoms with van der Waals surface area (Å²) in [7, 11) is 0. The summed E-state index contributed by atoms with van der Waals surface area (Å²) in [6, 6.07) is 12.2. The Balaban J connectivity index is 1.40. The largest absolute Gasteiger partial charge is 0.369 e. The summed E-state index contributed by atoms with van der Waals surface area (Å²) in [4.78, 5) is 14.7. The molecule has 1 aliphatic heterocycles. The molecular weight excluding hydrogens is 290 g/mol. The molecule has 1 aliphatic carbocycles. The fourth-order valence-corrected chi connectivity index (χ4v) is 3.20.